The van der Waals surface area contributed by atoms with Gasteiger partial charge in [0.25, 0.3) is 0 Å². The Balaban J connectivity index is 1.98. The van der Waals surface area contributed by atoms with Crippen LogP contribution in [-0.2, 0) is 6.18 Å². The van der Waals surface area contributed by atoms with E-state index in [1.165, 1.54) is 0 Å². The van der Waals surface area contributed by atoms with Crippen LogP contribution in [0.3, 0.4) is 0 Å². The molecular weight excluding hydrogens is 235 g/mol. The molecule has 4 nitrogen and oxygen atoms in total. The molecule has 2 rings (SSSR count). The summed E-state index contributed by atoms with van der Waals surface area (Å²) < 4.78 is 42.1. The topological polar surface area (TPSA) is 47.0 Å². The lowest BCUT2D eigenvalue weighted by Gasteiger charge is -2.22. The molecule has 1 aliphatic heterocycles. The number of nitrogens with one attached hydrogen (secondary N) is 1. The van der Waals surface area contributed by atoms with Crippen LogP contribution in [0.2, 0.25) is 0 Å². The van der Waals surface area contributed by atoms with Crippen molar-refractivity contribution in [3.8, 4) is 6.01 Å². The predicted octanol–water partition coefficient (Wildman–Crippen LogP) is 1.63. The van der Waals surface area contributed by atoms with Gasteiger partial charge in [0.15, 0.2) is 0 Å². The summed E-state index contributed by atoms with van der Waals surface area (Å²) in [6.07, 6.45) is -1.33. The van der Waals surface area contributed by atoms with Crippen LogP contribution in [0.1, 0.15) is 18.4 Å². The first-order valence-electron chi connectivity index (χ1n) is 5.32. The van der Waals surface area contributed by atoms with Crippen molar-refractivity contribution >= 4 is 0 Å². The first-order chi connectivity index (χ1) is 8.05. The molecule has 0 spiro atoms. The molecule has 1 fully saturated rings. The van der Waals surface area contributed by atoms with Gasteiger partial charge in [-0.2, -0.15) is 13.2 Å². The van der Waals surface area contributed by atoms with Gasteiger partial charge in [0, 0.05) is 12.4 Å². The monoisotopic (exact) mass is 247 g/mol. The van der Waals surface area contributed by atoms with Crippen LogP contribution in [0.5, 0.6) is 6.01 Å². The van der Waals surface area contributed by atoms with Crippen molar-refractivity contribution in [3.05, 3.63) is 18.0 Å². The predicted molar refractivity (Wildman–Crippen MR) is 53.6 cm³/mol. The molecule has 0 atom stereocenters. The number of nitrogens with zero attached hydrogens (tertiary/aromatic N) is 2. The van der Waals surface area contributed by atoms with E-state index in [9.17, 15) is 13.2 Å². The summed E-state index contributed by atoms with van der Waals surface area (Å²) in [5.41, 5.74) is -0.866. The molecule has 7 heteroatoms. The van der Waals surface area contributed by atoms with Crippen molar-refractivity contribution in [3.63, 3.8) is 0 Å². The zero-order valence-electron chi connectivity index (χ0n) is 9.00. The molecule has 0 bridgehead atoms. The normalized spacial score (nSPS) is 18.1. The van der Waals surface area contributed by atoms with Gasteiger partial charge in [-0.15, -0.1) is 0 Å². The van der Waals surface area contributed by atoms with E-state index < -0.39 is 11.7 Å². The summed E-state index contributed by atoms with van der Waals surface area (Å²) in [5.74, 6) is 0. The van der Waals surface area contributed by atoms with Gasteiger partial charge in [-0.1, -0.05) is 0 Å². The maximum atomic E-state index is 12.2. The number of ether oxygens (including phenoxy) is 1. The van der Waals surface area contributed by atoms with Crippen molar-refractivity contribution in [2.45, 2.75) is 25.1 Å². The zero-order valence-corrected chi connectivity index (χ0v) is 9.00. The van der Waals surface area contributed by atoms with Gasteiger partial charge in [0.05, 0.1) is 5.56 Å². The Labute approximate surface area is 96.2 Å². The van der Waals surface area contributed by atoms with Gasteiger partial charge >= 0.3 is 12.2 Å². The van der Waals surface area contributed by atoms with E-state index in [0.717, 1.165) is 38.3 Å². The second-order valence-corrected chi connectivity index (χ2v) is 3.82. The van der Waals surface area contributed by atoms with Crippen molar-refractivity contribution in [1.29, 1.82) is 0 Å². The highest BCUT2D eigenvalue weighted by Gasteiger charge is 2.31. The second kappa shape index (κ2) is 4.87. The van der Waals surface area contributed by atoms with Crippen LogP contribution in [0, 0.1) is 0 Å². The van der Waals surface area contributed by atoms with Crippen LogP contribution in [0.25, 0.3) is 0 Å². The lowest BCUT2D eigenvalue weighted by atomic mass is 10.1. The zero-order chi connectivity index (χ0) is 12.3. The Bertz CT molecular complexity index is 360. The largest absolute Gasteiger partial charge is 0.460 e. The summed E-state index contributed by atoms with van der Waals surface area (Å²) in [4.78, 5) is 7.13. The maximum absolute atomic E-state index is 12.2. The van der Waals surface area contributed by atoms with Crippen molar-refractivity contribution in [1.82, 2.24) is 15.3 Å². The molecule has 1 aromatic rings. The molecule has 1 aromatic heterocycles. The quantitative estimate of drug-likeness (QED) is 0.862. The second-order valence-electron chi connectivity index (χ2n) is 3.82. The van der Waals surface area contributed by atoms with E-state index in [1.54, 1.807) is 0 Å². The lowest BCUT2D eigenvalue weighted by molar-refractivity contribution is -0.138. The number of hydrogen-bond acceptors (Lipinski definition) is 4. The number of alkyl halides is 3. The van der Waals surface area contributed by atoms with Crippen molar-refractivity contribution in [2.75, 3.05) is 13.1 Å². The summed E-state index contributed by atoms with van der Waals surface area (Å²) in [7, 11) is 0. The lowest BCUT2D eigenvalue weighted by Crippen LogP contribution is -2.34. The van der Waals surface area contributed by atoms with E-state index in [0.29, 0.717) is 0 Å². The fourth-order valence-electron chi connectivity index (χ4n) is 1.59. The number of piperidine rings is 1. The third kappa shape index (κ3) is 3.29. The van der Waals surface area contributed by atoms with Crippen molar-refractivity contribution < 1.29 is 17.9 Å². The molecule has 0 aliphatic carbocycles. The van der Waals surface area contributed by atoms with Gasteiger partial charge in [-0.3, -0.25) is 0 Å². The standard InChI is InChI=1S/C10H12F3N3O/c11-10(12,13)7-5-15-9(16-6-7)17-8-1-3-14-4-2-8/h5-6,8,14H,1-4H2. The van der Waals surface area contributed by atoms with Gasteiger partial charge in [0.1, 0.15) is 6.10 Å². The van der Waals surface area contributed by atoms with Crippen LogP contribution >= 0.6 is 0 Å². The summed E-state index contributed by atoms with van der Waals surface area (Å²) >= 11 is 0. The molecule has 94 valence electrons. The third-order valence-electron chi connectivity index (χ3n) is 2.51. The van der Waals surface area contributed by atoms with Crippen LogP contribution in [0.4, 0.5) is 13.2 Å². The Morgan fingerprint density at radius 3 is 2.29 bits per heavy atom. The average molecular weight is 247 g/mol. The van der Waals surface area contributed by atoms with E-state index in [2.05, 4.69) is 15.3 Å². The molecule has 0 saturated carbocycles. The summed E-state index contributed by atoms with van der Waals surface area (Å²) in [6.45, 7) is 1.68. The first kappa shape index (κ1) is 12.1. The highest BCUT2D eigenvalue weighted by Crippen LogP contribution is 2.28. The smallest absolute Gasteiger partial charge is 0.419 e. The molecule has 2 heterocycles. The molecular formula is C10H12F3N3O. The SMILES string of the molecule is FC(F)(F)c1cnc(OC2CCNCC2)nc1. The fraction of sp³-hybridized carbons (Fsp3) is 0.600. The van der Waals surface area contributed by atoms with Crippen molar-refractivity contribution in [2.24, 2.45) is 0 Å². The third-order valence-corrected chi connectivity index (χ3v) is 2.51. The van der Waals surface area contributed by atoms with E-state index in [4.69, 9.17) is 4.74 Å². The first-order valence-corrected chi connectivity index (χ1v) is 5.32. The minimum absolute atomic E-state index is 0.00454. The van der Waals surface area contributed by atoms with Gasteiger partial charge in [-0.05, 0) is 25.9 Å². The average Bonchev–Trinajstić information content (AvgIpc) is 2.30. The molecule has 1 saturated heterocycles. The molecule has 17 heavy (non-hydrogen) atoms. The van der Waals surface area contributed by atoms with E-state index >= 15 is 0 Å². The Morgan fingerprint density at radius 1 is 1.18 bits per heavy atom. The molecule has 1 N–H and O–H groups in total. The fourth-order valence-corrected chi connectivity index (χ4v) is 1.59. The Morgan fingerprint density at radius 2 is 1.76 bits per heavy atom. The molecule has 0 aromatic carbocycles. The van der Waals surface area contributed by atoms with Crippen LogP contribution in [0.15, 0.2) is 12.4 Å². The molecule has 0 unspecified atom stereocenters. The van der Waals surface area contributed by atoms with Gasteiger partial charge in [-0.25, -0.2) is 9.97 Å². The minimum atomic E-state index is -4.41. The highest BCUT2D eigenvalue weighted by atomic mass is 19.4. The van der Waals surface area contributed by atoms with E-state index in [-0.39, 0.29) is 12.1 Å². The van der Waals surface area contributed by atoms with Gasteiger partial charge < -0.3 is 10.1 Å². The number of rotatable bonds is 2. The Kier molecular flexibility index (Phi) is 3.46. The Hall–Kier alpha value is -1.37. The van der Waals surface area contributed by atoms with Crippen LogP contribution < -0.4 is 10.1 Å². The number of aromatic nitrogens is 2. The van der Waals surface area contributed by atoms with E-state index in [1.807, 2.05) is 0 Å². The highest BCUT2D eigenvalue weighted by molar-refractivity contribution is 5.11. The number of halogens is 3. The minimum Gasteiger partial charge on any atom is -0.460 e. The van der Waals surface area contributed by atoms with Gasteiger partial charge in [0.2, 0.25) is 0 Å². The molecule has 0 radical (unpaired) electrons. The van der Waals surface area contributed by atoms with Crippen LogP contribution in [-0.4, -0.2) is 29.2 Å². The molecule has 1 aliphatic rings. The number of hydrogen-bond donors (Lipinski definition) is 1. The maximum Gasteiger partial charge on any atom is 0.419 e. The molecule has 0 amide bonds. The summed E-state index contributed by atoms with van der Waals surface area (Å²) in [5, 5.41) is 3.16. The summed E-state index contributed by atoms with van der Waals surface area (Å²) in [6, 6.07) is 0.00454.